The molecule has 0 spiro atoms. The average molecular weight is 244 g/mol. The first-order valence-electron chi connectivity index (χ1n) is 6.68. The van der Waals surface area contributed by atoms with Gasteiger partial charge in [0, 0.05) is 23.1 Å². The van der Waals surface area contributed by atoms with E-state index in [1.165, 1.54) is 29.3 Å². The van der Waals surface area contributed by atoms with Crippen molar-refractivity contribution in [3.63, 3.8) is 0 Å². The average Bonchev–Trinajstić information content (AvgIpc) is 3.06. The van der Waals surface area contributed by atoms with Crippen LogP contribution in [0.25, 0.3) is 10.9 Å². The third-order valence-electron chi connectivity index (χ3n) is 4.11. The van der Waals surface area contributed by atoms with Gasteiger partial charge in [0.25, 0.3) is 0 Å². The van der Waals surface area contributed by atoms with Crippen LogP contribution in [0.1, 0.15) is 31.2 Å². The van der Waals surface area contributed by atoms with Crippen molar-refractivity contribution in [3.05, 3.63) is 30.0 Å². The lowest BCUT2D eigenvalue weighted by Gasteiger charge is -2.19. The predicted molar refractivity (Wildman–Crippen MR) is 74.3 cm³/mol. The summed E-state index contributed by atoms with van der Waals surface area (Å²) in [7, 11) is 1.72. The summed E-state index contributed by atoms with van der Waals surface area (Å²) in [5.74, 6) is 1.46. The smallest absolute Gasteiger partial charge is 0.119 e. The molecule has 96 valence electrons. The number of hydrogen-bond acceptors (Lipinski definition) is 2. The molecule has 0 radical (unpaired) electrons. The zero-order chi connectivity index (χ0) is 12.5. The lowest BCUT2D eigenvalue weighted by Crippen LogP contribution is -2.27. The predicted octanol–water partition coefficient (Wildman–Crippen LogP) is 3.03. The van der Waals surface area contributed by atoms with E-state index in [1.54, 1.807) is 7.11 Å². The number of benzene rings is 1. The van der Waals surface area contributed by atoms with Crippen molar-refractivity contribution < 1.29 is 4.74 Å². The molecule has 3 rings (SSSR count). The highest BCUT2D eigenvalue weighted by atomic mass is 16.5. The molecule has 2 heterocycles. The SMILES string of the molecule is COc1ccc2[nH]cc(C(C)C3CCCN3)c2c1. The van der Waals surface area contributed by atoms with E-state index < -0.39 is 0 Å². The van der Waals surface area contributed by atoms with Crippen LogP contribution < -0.4 is 10.1 Å². The molecule has 1 fully saturated rings. The Morgan fingerprint density at radius 3 is 3.00 bits per heavy atom. The molecule has 1 aliphatic rings. The highest BCUT2D eigenvalue weighted by Crippen LogP contribution is 2.32. The Bertz CT molecular complexity index is 540. The second kappa shape index (κ2) is 4.65. The van der Waals surface area contributed by atoms with E-state index in [-0.39, 0.29) is 0 Å². The van der Waals surface area contributed by atoms with Crippen molar-refractivity contribution in [2.75, 3.05) is 13.7 Å². The van der Waals surface area contributed by atoms with Crippen molar-refractivity contribution in [2.45, 2.75) is 31.7 Å². The van der Waals surface area contributed by atoms with Crippen LogP contribution in [0.5, 0.6) is 5.75 Å². The van der Waals surface area contributed by atoms with E-state index in [4.69, 9.17) is 4.74 Å². The van der Waals surface area contributed by atoms with E-state index in [9.17, 15) is 0 Å². The molecule has 3 nitrogen and oxygen atoms in total. The summed E-state index contributed by atoms with van der Waals surface area (Å²) in [4.78, 5) is 3.36. The number of aromatic amines is 1. The van der Waals surface area contributed by atoms with Crippen molar-refractivity contribution in [1.29, 1.82) is 0 Å². The minimum atomic E-state index is 0.536. The van der Waals surface area contributed by atoms with Gasteiger partial charge in [-0.25, -0.2) is 0 Å². The van der Waals surface area contributed by atoms with Crippen molar-refractivity contribution in [1.82, 2.24) is 10.3 Å². The van der Waals surface area contributed by atoms with E-state index in [1.807, 2.05) is 6.07 Å². The minimum Gasteiger partial charge on any atom is -0.497 e. The first-order valence-corrected chi connectivity index (χ1v) is 6.68. The van der Waals surface area contributed by atoms with E-state index in [0.717, 1.165) is 12.3 Å². The molecule has 2 N–H and O–H groups in total. The van der Waals surface area contributed by atoms with Crippen LogP contribution in [-0.4, -0.2) is 24.7 Å². The second-order valence-corrected chi connectivity index (χ2v) is 5.15. The Kier molecular flexibility index (Phi) is 3.00. The van der Waals surface area contributed by atoms with Gasteiger partial charge in [0.2, 0.25) is 0 Å². The highest BCUT2D eigenvalue weighted by Gasteiger charge is 2.24. The molecule has 1 aromatic heterocycles. The fraction of sp³-hybridized carbons (Fsp3) is 0.467. The lowest BCUT2D eigenvalue weighted by molar-refractivity contribution is 0.415. The maximum absolute atomic E-state index is 5.32. The van der Waals surface area contributed by atoms with Crippen LogP contribution in [0.15, 0.2) is 24.4 Å². The number of rotatable bonds is 3. The molecule has 0 saturated carbocycles. The van der Waals surface area contributed by atoms with Gasteiger partial charge >= 0.3 is 0 Å². The fourth-order valence-electron chi connectivity index (χ4n) is 2.98. The number of H-pyrrole nitrogens is 1. The standard InChI is InChI=1S/C15H20N2O/c1-10(14-4-3-7-16-14)13-9-17-15-6-5-11(18-2)8-12(13)15/h5-6,8-10,14,16-17H,3-4,7H2,1-2H3. The van der Waals surface area contributed by atoms with E-state index >= 15 is 0 Å². The third kappa shape index (κ3) is 1.89. The molecular formula is C15H20N2O. The lowest BCUT2D eigenvalue weighted by atomic mass is 9.92. The molecule has 0 aliphatic carbocycles. The highest BCUT2D eigenvalue weighted by molar-refractivity contribution is 5.85. The summed E-state index contributed by atoms with van der Waals surface area (Å²) in [6, 6.07) is 6.83. The van der Waals surface area contributed by atoms with Gasteiger partial charge in [-0.3, -0.25) is 0 Å². The summed E-state index contributed by atoms with van der Waals surface area (Å²) >= 11 is 0. The fourth-order valence-corrected chi connectivity index (χ4v) is 2.98. The number of aromatic nitrogens is 1. The molecule has 1 aromatic carbocycles. The topological polar surface area (TPSA) is 37.0 Å². The van der Waals surface area contributed by atoms with Crippen LogP contribution in [0.3, 0.4) is 0 Å². The van der Waals surface area contributed by atoms with Crippen LogP contribution in [0.2, 0.25) is 0 Å². The van der Waals surface area contributed by atoms with Crippen LogP contribution >= 0.6 is 0 Å². The second-order valence-electron chi connectivity index (χ2n) is 5.15. The Morgan fingerprint density at radius 1 is 1.39 bits per heavy atom. The van der Waals surface area contributed by atoms with Crippen LogP contribution in [0.4, 0.5) is 0 Å². The number of ether oxygens (including phenoxy) is 1. The number of methoxy groups -OCH3 is 1. The van der Waals surface area contributed by atoms with Gasteiger partial charge in [-0.2, -0.15) is 0 Å². The first-order chi connectivity index (χ1) is 8.79. The molecule has 0 amide bonds. The molecule has 1 saturated heterocycles. The number of nitrogens with one attached hydrogen (secondary N) is 2. The number of hydrogen-bond donors (Lipinski definition) is 2. The maximum atomic E-state index is 5.32. The van der Waals surface area contributed by atoms with Crippen molar-refractivity contribution >= 4 is 10.9 Å². The monoisotopic (exact) mass is 244 g/mol. The summed E-state index contributed by atoms with van der Waals surface area (Å²) in [5, 5.41) is 4.88. The Labute approximate surface area is 108 Å². The molecule has 1 aliphatic heterocycles. The van der Waals surface area contributed by atoms with Crippen LogP contribution in [-0.2, 0) is 0 Å². The Morgan fingerprint density at radius 2 is 2.28 bits per heavy atom. The third-order valence-corrected chi connectivity index (χ3v) is 4.11. The molecule has 2 aromatic rings. The van der Waals surface area contributed by atoms with Crippen molar-refractivity contribution in [2.24, 2.45) is 0 Å². The maximum Gasteiger partial charge on any atom is 0.119 e. The number of fused-ring (bicyclic) bond motifs is 1. The van der Waals surface area contributed by atoms with E-state index in [0.29, 0.717) is 12.0 Å². The normalized spacial score (nSPS) is 21.3. The van der Waals surface area contributed by atoms with Crippen LogP contribution in [0, 0.1) is 0 Å². The van der Waals surface area contributed by atoms with Gasteiger partial charge in [0.15, 0.2) is 0 Å². The quantitative estimate of drug-likeness (QED) is 0.870. The summed E-state index contributed by atoms with van der Waals surface area (Å²) in [5.41, 5.74) is 2.58. The van der Waals surface area contributed by atoms with Gasteiger partial charge in [0.1, 0.15) is 5.75 Å². The van der Waals surface area contributed by atoms with Gasteiger partial charge in [-0.05, 0) is 49.1 Å². The van der Waals surface area contributed by atoms with Gasteiger partial charge < -0.3 is 15.0 Å². The van der Waals surface area contributed by atoms with Crippen molar-refractivity contribution in [3.8, 4) is 5.75 Å². The first kappa shape index (κ1) is 11.6. The largest absolute Gasteiger partial charge is 0.497 e. The zero-order valence-corrected chi connectivity index (χ0v) is 11.0. The molecular weight excluding hydrogens is 224 g/mol. The zero-order valence-electron chi connectivity index (χ0n) is 11.0. The summed E-state index contributed by atoms with van der Waals surface area (Å²) in [6.07, 6.45) is 4.72. The Balaban J connectivity index is 1.99. The Hall–Kier alpha value is -1.48. The molecule has 0 bridgehead atoms. The van der Waals surface area contributed by atoms with Gasteiger partial charge in [0.05, 0.1) is 7.11 Å². The molecule has 3 heteroatoms. The molecule has 18 heavy (non-hydrogen) atoms. The van der Waals surface area contributed by atoms with E-state index in [2.05, 4.69) is 35.6 Å². The summed E-state index contributed by atoms with van der Waals surface area (Å²) < 4.78 is 5.32. The van der Waals surface area contributed by atoms with Gasteiger partial charge in [-0.1, -0.05) is 6.92 Å². The minimum absolute atomic E-state index is 0.536. The summed E-state index contributed by atoms with van der Waals surface area (Å²) in [6.45, 7) is 3.46. The molecule has 2 unspecified atom stereocenters. The van der Waals surface area contributed by atoms with Gasteiger partial charge in [-0.15, -0.1) is 0 Å². The molecule has 2 atom stereocenters.